The van der Waals surface area contributed by atoms with Gasteiger partial charge in [0.1, 0.15) is 7.85 Å². The predicted molar refractivity (Wildman–Crippen MR) is 66.0 cm³/mol. The van der Waals surface area contributed by atoms with E-state index in [4.69, 9.17) is 7.85 Å². The van der Waals surface area contributed by atoms with Gasteiger partial charge in [-0.15, -0.1) is 0 Å². The van der Waals surface area contributed by atoms with Crippen molar-refractivity contribution in [3.8, 4) is 0 Å². The molecule has 1 aliphatic heterocycles. The summed E-state index contributed by atoms with van der Waals surface area (Å²) in [7, 11) is 7.82. The summed E-state index contributed by atoms with van der Waals surface area (Å²) < 4.78 is 0. The van der Waals surface area contributed by atoms with Crippen molar-refractivity contribution in [2.24, 2.45) is 0 Å². The van der Waals surface area contributed by atoms with Gasteiger partial charge in [0.05, 0.1) is 0 Å². The van der Waals surface area contributed by atoms with Crippen LogP contribution in [0.1, 0.15) is 12.8 Å². The predicted octanol–water partition coefficient (Wildman–Crippen LogP) is 0.986. The maximum Gasteiger partial charge on any atom is 0.113 e. The molecule has 0 spiro atoms. The molecule has 1 fully saturated rings. The van der Waals surface area contributed by atoms with Crippen LogP contribution in [0.15, 0.2) is 24.3 Å². The second kappa shape index (κ2) is 4.71. The van der Waals surface area contributed by atoms with Gasteiger partial charge in [0.25, 0.3) is 0 Å². The molecule has 0 amide bonds. The molecule has 78 valence electrons. The summed E-state index contributed by atoms with van der Waals surface area (Å²) in [6.45, 7) is 2.35. The van der Waals surface area contributed by atoms with E-state index in [0.29, 0.717) is 6.04 Å². The molecular formula is C12H17BN2. The Morgan fingerprint density at radius 2 is 2.07 bits per heavy atom. The van der Waals surface area contributed by atoms with E-state index < -0.39 is 0 Å². The molecule has 1 N–H and O–H groups in total. The number of nitrogens with one attached hydrogen (secondary N) is 1. The summed E-state index contributed by atoms with van der Waals surface area (Å²) in [5.74, 6) is 0. The van der Waals surface area contributed by atoms with Gasteiger partial charge in [0.2, 0.25) is 0 Å². The van der Waals surface area contributed by atoms with Gasteiger partial charge >= 0.3 is 0 Å². The van der Waals surface area contributed by atoms with E-state index in [9.17, 15) is 0 Å². The molecule has 3 heteroatoms. The standard InChI is InChI=1S/C12H17BN2/c1-15-8-2-3-12(9-15)14-11-6-4-10(13)5-7-11/h4-7,12,14H,2-3,8-9H2,1H3/t12-/m1/s1. The van der Waals surface area contributed by atoms with Crippen LogP contribution in [0.5, 0.6) is 0 Å². The molecular weight excluding hydrogens is 183 g/mol. The van der Waals surface area contributed by atoms with Gasteiger partial charge in [-0.3, -0.25) is 0 Å². The molecule has 1 atom stereocenters. The lowest BCUT2D eigenvalue weighted by Crippen LogP contribution is -2.39. The SMILES string of the molecule is [B]c1ccc(N[C@@H]2CCCN(C)C2)cc1. The van der Waals surface area contributed by atoms with E-state index in [2.05, 4.69) is 17.3 Å². The Labute approximate surface area is 93.1 Å². The Morgan fingerprint density at radius 1 is 1.33 bits per heavy atom. The molecule has 15 heavy (non-hydrogen) atoms. The molecule has 0 aromatic heterocycles. The van der Waals surface area contributed by atoms with Crippen molar-refractivity contribution >= 4 is 19.0 Å². The molecule has 1 aliphatic rings. The van der Waals surface area contributed by atoms with E-state index in [1.165, 1.54) is 25.1 Å². The zero-order valence-corrected chi connectivity index (χ0v) is 9.24. The number of anilines is 1. The van der Waals surface area contributed by atoms with Crippen LogP contribution >= 0.6 is 0 Å². The number of rotatable bonds is 2. The number of hydrogen-bond acceptors (Lipinski definition) is 2. The first-order chi connectivity index (χ1) is 7.24. The first kappa shape index (κ1) is 10.6. The maximum atomic E-state index is 5.65. The Bertz CT molecular complexity index is 310. The minimum absolute atomic E-state index is 0.576. The highest BCUT2D eigenvalue weighted by molar-refractivity contribution is 6.32. The van der Waals surface area contributed by atoms with Gasteiger partial charge in [-0.25, -0.2) is 0 Å². The first-order valence-electron chi connectivity index (χ1n) is 5.54. The number of hydrogen-bond donors (Lipinski definition) is 1. The number of benzene rings is 1. The fourth-order valence-electron chi connectivity index (χ4n) is 2.10. The van der Waals surface area contributed by atoms with Crippen molar-refractivity contribution in [2.75, 3.05) is 25.5 Å². The van der Waals surface area contributed by atoms with Crippen LogP contribution in [0.3, 0.4) is 0 Å². The monoisotopic (exact) mass is 200 g/mol. The highest BCUT2D eigenvalue weighted by atomic mass is 15.1. The fraction of sp³-hybridized carbons (Fsp3) is 0.500. The second-order valence-electron chi connectivity index (χ2n) is 4.37. The summed E-state index contributed by atoms with van der Waals surface area (Å²) in [4.78, 5) is 2.37. The molecule has 0 saturated carbocycles. The van der Waals surface area contributed by atoms with Crippen molar-refractivity contribution < 1.29 is 0 Å². The van der Waals surface area contributed by atoms with Crippen LogP contribution in [0.25, 0.3) is 0 Å². The lowest BCUT2D eigenvalue weighted by molar-refractivity contribution is 0.261. The van der Waals surface area contributed by atoms with Crippen molar-refractivity contribution in [1.29, 1.82) is 0 Å². The Balaban J connectivity index is 1.93. The summed E-state index contributed by atoms with van der Waals surface area (Å²) in [5.41, 5.74) is 1.99. The van der Waals surface area contributed by atoms with Gasteiger partial charge in [-0.05, 0) is 38.6 Å². The van der Waals surface area contributed by atoms with Gasteiger partial charge in [-0.2, -0.15) is 0 Å². The van der Waals surface area contributed by atoms with E-state index in [-0.39, 0.29) is 0 Å². The van der Waals surface area contributed by atoms with Gasteiger partial charge in [0.15, 0.2) is 0 Å². The Hall–Kier alpha value is -0.955. The van der Waals surface area contributed by atoms with E-state index in [1.807, 2.05) is 24.3 Å². The third kappa shape index (κ3) is 3.00. The third-order valence-corrected chi connectivity index (χ3v) is 2.91. The fourth-order valence-corrected chi connectivity index (χ4v) is 2.10. The number of likely N-dealkylation sites (N-methyl/N-ethyl adjacent to an activating group) is 1. The third-order valence-electron chi connectivity index (χ3n) is 2.91. The number of piperidine rings is 1. The van der Waals surface area contributed by atoms with Crippen LogP contribution < -0.4 is 10.8 Å². The average Bonchev–Trinajstić information content (AvgIpc) is 2.22. The zero-order chi connectivity index (χ0) is 10.7. The molecule has 0 unspecified atom stereocenters. The van der Waals surface area contributed by atoms with Gasteiger partial charge in [-0.1, -0.05) is 17.6 Å². The van der Waals surface area contributed by atoms with E-state index in [0.717, 1.165) is 12.0 Å². The first-order valence-corrected chi connectivity index (χ1v) is 5.54. The minimum Gasteiger partial charge on any atom is -0.381 e. The topological polar surface area (TPSA) is 15.3 Å². The molecule has 1 aromatic carbocycles. The highest BCUT2D eigenvalue weighted by Gasteiger charge is 2.16. The van der Waals surface area contributed by atoms with E-state index >= 15 is 0 Å². The molecule has 0 bridgehead atoms. The highest BCUT2D eigenvalue weighted by Crippen LogP contribution is 2.14. The summed E-state index contributed by atoms with van der Waals surface area (Å²) in [6, 6.07) is 8.55. The van der Waals surface area contributed by atoms with Crippen LogP contribution in [-0.4, -0.2) is 38.9 Å². The quantitative estimate of drug-likeness (QED) is 0.716. The minimum atomic E-state index is 0.576. The molecule has 1 heterocycles. The van der Waals surface area contributed by atoms with Crippen molar-refractivity contribution in [3.63, 3.8) is 0 Å². The van der Waals surface area contributed by atoms with E-state index in [1.54, 1.807) is 0 Å². The largest absolute Gasteiger partial charge is 0.381 e. The van der Waals surface area contributed by atoms with Gasteiger partial charge in [0, 0.05) is 18.3 Å². The molecule has 2 rings (SSSR count). The Kier molecular flexibility index (Phi) is 3.32. The molecule has 0 aliphatic carbocycles. The zero-order valence-electron chi connectivity index (χ0n) is 9.24. The number of nitrogens with zero attached hydrogens (tertiary/aromatic N) is 1. The Morgan fingerprint density at radius 3 is 2.73 bits per heavy atom. The average molecular weight is 200 g/mol. The normalized spacial score (nSPS) is 22.6. The van der Waals surface area contributed by atoms with Crippen LogP contribution in [-0.2, 0) is 0 Å². The van der Waals surface area contributed by atoms with Crippen LogP contribution in [0.4, 0.5) is 5.69 Å². The smallest absolute Gasteiger partial charge is 0.113 e. The molecule has 2 nitrogen and oxygen atoms in total. The van der Waals surface area contributed by atoms with Crippen molar-refractivity contribution in [1.82, 2.24) is 4.90 Å². The second-order valence-corrected chi connectivity index (χ2v) is 4.37. The maximum absolute atomic E-state index is 5.65. The molecule has 1 aromatic rings. The molecule has 1 saturated heterocycles. The van der Waals surface area contributed by atoms with Crippen LogP contribution in [0, 0.1) is 0 Å². The summed E-state index contributed by atoms with van der Waals surface area (Å²) in [5, 5.41) is 3.54. The molecule has 2 radical (unpaired) electrons. The van der Waals surface area contributed by atoms with Crippen molar-refractivity contribution in [3.05, 3.63) is 24.3 Å². The summed E-state index contributed by atoms with van der Waals surface area (Å²) in [6.07, 6.45) is 2.54. The summed E-state index contributed by atoms with van der Waals surface area (Å²) >= 11 is 0. The van der Waals surface area contributed by atoms with Crippen LogP contribution in [0.2, 0.25) is 0 Å². The number of likely N-dealkylation sites (tertiary alicyclic amines) is 1. The lowest BCUT2D eigenvalue weighted by atomic mass is 9.96. The van der Waals surface area contributed by atoms with Gasteiger partial charge < -0.3 is 10.2 Å². The van der Waals surface area contributed by atoms with Crippen molar-refractivity contribution in [2.45, 2.75) is 18.9 Å². The lowest BCUT2D eigenvalue weighted by Gasteiger charge is -2.30.